The fourth-order valence-electron chi connectivity index (χ4n) is 0.702. The lowest BCUT2D eigenvalue weighted by Crippen LogP contribution is -2.21. The van der Waals surface area contributed by atoms with E-state index < -0.39 is 0 Å². The topological polar surface area (TPSA) is 0 Å². The van der Waals surface area contributed by atoms with E-state index in [2.05, 4.69) is 0 Å². The van der Waals surface area contributed by atoms with Crippen LogP contribution in [-0.4, -0.2) is 23.5 Å². The van der Waals surface area contributed by atoms with Gasteiger partial charge in [-0.2, -0.15) is 0 Å². The van der Waals surface area contributed by atoms with Crippen molar-refractivity contribution in [1.29, 1.82) is 0 Å². The van der Waals surface area contributed by atoms with Gasteiger partial charge in [-0.05, 0) is 0 Å². The van der Waals surface area contributed by atoms with Gasteiger partial charge in [0.25, 0.3) is 0 Å². The zero-order chi connectivity index (χ0) is 6.85. The summed E-state index contributed by atoms with van der Waals surface area (Å²) in [5, 5.41) is 0. The van der Waals surface area contributed by atoms with Gasteiger partial charge in [0.1, 0.15) is 23.5 Å². The number of hydrogen-bond donors (Lipinski definition) is 0. The van der Waals surface area contributed by atoms with Gasteiger partial charge in [0, 0.05) is 0 Å². The molecule has 0 aliphatic carbocycles. The Morgan fingerprint density at radius 1 is 0.667 bits per heavy atom. The normalized spacial score (nSPS) is 9.33. The quantitative estimate of drug-likeness (QED) is 0.339. The Labute approximate surface area is 58.9 Å². The first-order valence-corrected chi connectivity index (χ1v) is 2.60. The molecule has 6 radical (unpaired) electrons. The van der Waals surface area contributed by atoms with Gasteiger partial charge in [-0.25, -0.2) is 0 Å². The number of rotatable bonds is 0. The molecule has 0 unspecified atom stereocenters. The molecule has 0 nitrogen and oxygen atoms in total. The van der Waals surface area contributed by atoms with Gasteiger partial charge in [0.15, 0.2) is 0 Å². The Morgan fingerprint density at radius 2 is 0.889 bits per heavy atom. The summed E-state index contributed by atoms with van der Waals surface area (Å²) in [6.07, 6.45) is 0. The lowest BCUT2D eigenvalue weighted by molar-refractivity contribution is 1.92. The third-order valence-electron chi connectivity index (χ3n) is 1.00. The van der Waals surface area contributed by atoms with Crippen LogP contribution >= 0.6 is 0 Å². The first-order valence-electron chi connectivity index (χ1n) is 2.60. The standard InChI is InChI=1S/C6H3B3/c7-4-1-5(8)3-6(9)2-4/h1-3H. The van der Waals surface area contributed by atoms with Crippen molar-refractivity contribution in [1.82, 2.24) is 0 Å². The minimum absolute atomic E-state index is 0.604. The van der Waals surface area contributed by atoms with E-state index in [1.54, 1.807) is 18.2 Å². The predicted molar refractivity (Wildman–Crippen MR) is 42.6 cm³/mol. The highest BCUT2D eigenvalue weighted by atomic mass is 13.8. The zero-order valence-corrected chi connectivity index (χ0v) is 4.96. The fraction of sp³-hybridized carbons (Fsp3) is 0. The van der Waals surface area contributed by atoms with E-state index in [4.69, 9.17) is 23.5 Å². The van der Waals surface area contributed by atoms with Crippen LogP contribution in [0.4, 0.5) is 0 Å². The average Bonchev–Trinajstić information content (AvgIpc) is 1.59. The molecule has 9 heavy (non-hydrogen) atoms. The van der Waals surface area contributed by atoms with Crippen molar-refractivity contribution in [3.8, 4) is 0 Å². The third kappa shape index (κ3) is 1.67. The van der Waals surface area contributed by atoms with Gasteiger partial charge in [-0.1, -0.05) is 34.6 Å². The van der Waals surface area contributed by atoms with Gasteiger partial charge >= 0.3 is 0 Å². The van der Waals surface area contributed by atoms with Gasteiger partial charge in [-0.3, -0.25) is 0 Å². The molecule has 0 bridgehead atoms. The van der Waals surface area contributed by atoms with E-state index in [9.17, 15) is 0 Å². The van der Waals surface area contributed by atoms with E-state index in [1.807, 2.05) is 0 Å². The summed E-state index contributed by atoms with van der Waals surface area (Å²) in [4.78, 5) is 0. The summed E-state index contributed by atoms with van der Waals surface area (Å²) in [5.74, 6) is 0. The molecule has 36 valence electrons. The predicted octanol–water partition coefficient (Wildman–Crippen LogP) is -1.93. The maximum Gasteiger partial charge on any atom is 0.113 e. The van der Waals surface area contributed by atoms with Crippen LogP contribution in [0.2, 0.25) is 0 Å². The molecule has 1 rings (SSSR count). The maximum atomic E-state index is 5.40. The Hall–Kier alpha value is -0.585. The Bertz CT molecular complexity index is 169. The van der Waals surface area contributed by atoms with E-state index in [-0.39, 0.29) is 0 Å². The molecule has 0 heterocycles. The molecular formula is C6H3B3. The minimum Gasteiger partial charge on any atom is -0.0978 e. The molecule has 1 aromatic carbocycles. The Balaban J connectivity index is 3.17. The van der Waals surface area contributed by atoms with Gasteiger partial charge < -0.3 is 0 Å². The van der Waals surface area contributed by atoms with Crippen LogP contribution in [0.25, 0.3) is 0 Å². The Kier molecular flexibility index (Phi) is 1.70. The summed E-state index contributed by atoms with van der Waals surface area (Å²) in [7, 11) is 16.2. The van der Waals surface area contributed by atoms with Crippen LogP contribution in [0.1, 0.15) is 0 Å². The smallest absolute Gasteiger partial charge is 0.0978 e. The van der Waals surface area contributed by atoms with Crippen LogP contribution < -0.4 is 16.4 Å². The summed E-state index contributed by atoms with van der Waals surface area (Å²) in [5.41, 5.74) is 1.81. The molecular weight excluding hydrogens is 105 g/mol. The van der Waals surface area contributed by atoms with Gasteiger partial charge in [0.2, 0.25) is 0 Å². The average molecular weight is 108 g/mol. The molecule has 0 fully saturated rings. The second-order valence-electron chi connectivity index (χ2n) is 1.93. The first-order chi connectivity index (χ1) is 4.18. The number of benzene rings is 1. The minimum atomic E-state index is 0.604. The molecule has 0 saturated heterocycles. The fourth-order valence-corrected chi connectivity index (χ4v) is 0.702. The molecule has 0 spiro atoms. The van der Waals surface area contributed by atoms with Crippen molar-refractivity contribution in [2.45, 2.75) is 0 Å². The summed E-state index contributed by atoms with van der Waals surface area (Å²) in [6, 6.07) is 4.99. The highest BCUT2D eigenvalue weighted by Gasteiger charge is 1.86. The monoisotopic (exact) mass is 108 g/mol. The maximum absolute atomic E-state index is 5.40. The van der Waals surface area contributed by atoms with Crippen molar-refractivity contribution in [3.05, 3.63) is 18.2 Å². The lowest BCUT2D eigenvalue weighted by Gasteiger charge is -1.98. The summed E-state index contributed by atoms with van der Waals surface area (Å²) >= 11 is 0. The third-order valence-corrected chi connectivity index (χ3v) is 1.00. The van der Waals surface area contributed by atoms with Crippen LogP contribution in [0.5, 0.6) is 0 Å². The van der Waals surface area contributed by atoms with E-state index in [1.165, 1.54) is 0 Å². The van der Waals surface area contributed by atoms with Crippen LogP contribution in [-0.2, 0) is 0 Å². The van der Waals surface area contributed by atoms with Crippen molar-refractivity contribution in [2.75, 3.05) is 0 Å². The molecule has 0 aromatic heterocycles. The van der Waals surface area contributed by atoms with Gasteiger partial charge in [-0.15, -0.1) is 0 Å². The second-order valence-corrected chi connectivity index (χ2v) is 1.93. The molecule has 0 atom stereocenters. The van der Waals surface area contributed by atoms with Crippen LogP contribution in [0.15, 0.2) is 18.2 Å². The van der Waals surface area contributed by atoms with Crippen molar-refractivity contribution < 1.29 is 0 Å². The van der Waals surface area contributed by atoms with Crippen LogP contribution in [0, 0.1) is 0 Å². The first kappa shape index (κ1) is 6.53. The lowest BCUT2D eigenvalue weighted by atomic mass is 9.81. The van der Waals surface area contributed by atoms with E-state index >= 15 is 0 Å². The van der Waals surface area contributed by atoms with Crippen molar-refractivity contribution in [3.63, 3.8) is 0 Å². The van der Waals surface area contributed by atoms with Gasteiger partial charge in [0.05, 0.1) is 0 Å². The summed E-state index contributed by atoms with van der Waals surface area (Å²) < 4.78 is 0. The molecule has 0 aliphatic heterocycles. The SMILES string of the molecule is [B]c1cc([B])cc([B])c1. The van der Waals surface area contributed by atoms with Crippen molar-refractivity contribution >= 4 is 39.9 Å². The van der Waals surface area contributed by atoms with E-state index in [0.717, 1.165) is 0 Å². The van der Waals surface area contributed by atoms with Crippen molar-refractivity contribution in [2.24, 2.45) is 0 Å². The highest BCUT2D eigenvalue weighted by molar-refractivity contribution is 6.42. The molecule has 0 amide bonds. The zero-order valence-electron chi connectivity index (χ0n) is 4.96. The highest BCUT2D eigenvalue weighted by Crippen LogP contribution is 1.69. The largest absolute Gasteiger partial charge is 0.113 e. The van der Waals surface area contributed by atoms with Crippen LogP contribution in [0.3, 0.4) is 0 Å². The van der Waals surface area contributed by atoms with E-state index in [0.29, 0.717) is 16.4 Å². The Morgan fingerprint density at radius 3 is 1.11 bits per heavy atom. The molecule has 0 saturated carbocycles. The molecule has 0 aliphatic rings. The molecule has 1 aromatic rings. The number of hydrogen-bond acceptors (Lipinski definition) is 0. The second kappa shape index (κ2) is 2.34. The summed E-state index contributed by atoms with van der Waals surface area (Å²) in [6.45, 7) is 0. The molecule has 3 heteroatoms. The molecule has 0 N–H and O–H groups in total.